The van der Waals surface area contributed by atoms with Crippen LogP contribution in [0.2, 0.25) is 0 Å². The lowest BCUT2D eigenvalue weighted by Crippen LogP contribution is -2.58. The topological polar surface area (TPSA) is 15.3 Å². The summed E-state index contributed by atoms with van der Waals surface area (Å²) in [7, 11) is 0. The molecule has 1 aromatic carbocycles. The summed E-state index contributed by atoms with van der Waals surface area (Å²) < 4.78 is 0. The minimum absolute atomic E-state index is 0.672. The number of nitrogens with zero attached hydrogens (tertiary/aromatic N) is 1. The van der Waals surface area contributed by atoms with E-state index in [1.807, 2.05) is 0 Å². The highest BCUT2D eigenvalue weighted by atomic mass is 15.2. The van der Waals surface area contributed by atoms with Gasteiger partial charge in [0.1, 0.15) is 0 Å². The molecule has 2 aliphatic rings. The normalized spacial score (nSPS) is 27.2. The summed E-state index contributed by atoms with van der Waals surface area (Å²) in [4.78, 5) is 2.73. The molecule has 1 saturated heterocycles. The summed E-state index contributed by atoms with van der Waals surface area (Å²) in [6, 6.07) is 10.6. The van der Waals surface area contributed by atoms with Gasteiger partial charge in [-0.05, 0) is 42.2 Å². The summed E-state index contributed by atoms with van der Waals surface area (Å²) in [5, 5.41) is 3.80. The molecule has 1 aliphatic carbocycles. The molecule has 2 atom stereocenters. The van der Waals surface area contributed by atoms with E-state index >= 15 is 0 Å². The van der Waals surface area contributed by atoms with E-state index in [4.69, 9.17) is 0 Å². The van der Waals surface area contributed by atoms with Crippen molar-refractivity contribution in [2.45, 2.75) is 58.7 Å². The Labute approximate surface area is 129 Å². The Morgan fingerprint density at radius 2 is 1.81 bits per heavy atom. The zero-order chi connectivity index (χ0) is 14.8. The molecule has 2 nitrogen and oxygen atoms in total. The third-order valence-electron chi connectivity index (χ3n) is 5.27. The lowest BCUT2D eigenvalue weighted by atomic mass is 9.96. The summed E-state index contributed by atoms with van der Waals surface area (Å²) in [5.41, 5.74) is 2.91. The van der Waals surface area contributed by atoms with Crippen LogP contribution in [0.25, 0.3) is 0 Å². The summed E-state index contributed by atoms with van der Waals surface area (Å²) in [6.07, 6.45) is 4.00. The van der Waals surface area contributed by atoms with Crippen molar-refractivity contribution >= 4 is 0 Å². The van der Waals surface area contributed by atoms with Crippen molar-refractivity contribution in [2.24, 2.45) is 11.8 Å². The van der Waals surface area contributed by atoms with Crippen LogP contribution >= 0.6 is 0 Å². The predicted octanol–water partition coefficient (Wildman–Crippen LogP) is 3.46. The molecule has 116 valence electrons. The number of nitrogens with one attached hydrogen (secondary N) is 1. The standard InChI is InChI=1S/C19H30N2/c1-4-15-5-7-16(8-6-15)12-21-13-18(17-9-10-17)20-11-19(21)14(2)3/h5-8,14,17-20H,4,9-13H2,1-3H3. The second kappa shape index (κ2) is 6.50. The highest BCUT2D eigenvalue weighted by molar-refractivity contribution is 5.22. The third kappa shape index (κ3) is 3.67. The van der Waals surface area contributed by atoms with E-state index in [1.54, 1.807) is 0 Å². The van der Waals surface area contributed by atoms with Crippen LogP contribution in [-0.2, 0) is 13.0 Å². The van der Waals surface area contributed by atoms with Crippen molar-refractivity contribution in [1.29, 1.82) is 0 Å². The fourth-order valence-electron chi connectivity index (χ4n) is 3.62. The molecule has 3 rings (SSSR count). The number of rotatable bonds is 5. The van der Waals surface area contributed by atoms with Crippen LogP contribution in [0.5, 0.6) is 0 Å². The van der Waals surface area contributed by atoms with E-state index in [0.717, 1.165) is 31.5 Å². The van der Waals surface area contributed by atoms with Crippen LogP contribution in [0.15, 0.2) is 24.3 Å². The first kappa shape index (κ1) is 15.1. The average molecular weight is 286 g/mol. The Balaban J connectivity index is 1.68. The molecular weight excluding hydrogens is 256 g/mol. The van der Waals surface area contributed by atoms with Gasteiger partial charge < -0.3 is 5.32 Å². The van der Waals surface area contributed by atoms with E-state index in [2.05, 4.69) is 55.3 Å². The van der Waals surface area contributed by atoms with Crippen molar-refractivity contribution < 1.29 is 0 Å². The Morgan fingerprint density at radius 1 is 1.14 bits per heavy atom. The van der Waals surface area contributed by atoms with Gasteiger partial charge in [-0.1, -0.05) is 45.0 Å². The smallest absolute Gasteiger partial charge is 0.0247 e. The maximum absolute atomic E-state index is 3.80. The Bertz CT molecular complexity index is 447. The van der Waals surface area contributed by atoms with Gasteiger partial charge >= 0.3 is 0 Å². The van der Waals surface area contributed by atoms with Gasteiger partial charge in [-0.25, -0.2) is 0 Å². The Kier molecular flexibility index (Phi) is 4.66. The fourth-order valence-corrected chi connectivity index (χ4v) is 3.62. The van der Waals surface area contributed by atoms with E-state index in [0.29, 0.717) is 12.0 Å². The summed E-state index contributed by atoms with van der Waals surface area (Å²) in [6.45, 7) is 10.4. The van der Waals surface area contributed by atoms with Crippen molar-refractivity contribution in [3.63, 3.8) is 0 Å². The first-order valence-corrected chi connectivity index (χ1v) is 8.72. The lowest BCUT2D eigenvalue weighted by Gasteiger charge is -2.42. The third-order valence-corrected chi connectivity index (χ3v) is 5.27. The number of hydrogen-bond donors (Lipinski definition) is 1. The average Bonchev–Trinajstić information content (AvgIpc) is 3.32. The van der Waals surface area contributed by atoms with Crippen LogP contribution in [0.3, 0.4) is 0 Å². The molecule has 0 radical (unpaired) electrons. The van der Waals surface area contributed by atoms with E-state index in [1.165, 1.54) is 30.5 Å². The van der Waals surface area contributed by atoms with Crippen molar-refractivity contribution in [3.8, 4) is 0 Å². The highest BCUT2D eigenvalue weighted by Gasteiger charge is 2.37. The van der Waals surface area contributed by atoms with Gasteiger partial charge in [-0.3, -0.25) is 4.90 Å². The molecule has 0 bridgehead atoms. The Hall–Kier alpha value is -0.860. The molecule has 1 aromatic rings. The molecule has 0 spiro atoms. The maximum atomic E-state index is 3.80. The second-order valence-electron chi connectivity index (χ2n) is 7.26. The minimum atomic E-state index is 0.672. The van der Waals surface area contributed by atoms with Gasteiger partial charge in [0.25, 0.3) is 0 Å². The van der Waals surface area contributed by atoms with Gasteiger partial charge in [-0.2, -0.15) is 0 Å². The van der Waals surface area contributed by atoms with Crippen molar-refractivity contribution in [2.75, 3.05) is 13.1 Å². The van der Waals surface area contributed by atoms with E-state index < -0.39 is 0 Å². The predicted molar refractivity (Wildman–Crippen MR) is 89.4 cm³/mol. The van der Waals surface area contributed by atoms with Crippen molar-refractivity contribution in [1.82, 2.24) is 10.2 Å². The highest BCUT2D eigenvalue weighted by Crippen LogP contribution is 2.35. The van der Waals surface area contributed by atoms with Gasteiger partial charge in [-0.15, -0.1) is 0 Å². The molecule has 2 fully saturated rings. The molecule has 1 aliphatic heterocycles. The van der Waals surface area contributed by atoms with Crippen molar-refractivity contribution in [3.05, 3.63) is 35.4 Å². The zero-order valence-electron chi connectivity index (χ0n) is 13.8. The number of hydrogen-bond acceptors (Lipinski definition) is 2. The van der Waals surface area contributed by atoms with Gasteiger partial charge in [0, 0.05) is 31.7 Å². The molecule has 0 aromatic heterocycles. The first-order chi connectivity index (χ1) is 10.2. The first-order valence-electron chi connectivity index (χ1n) is 8.72. The minimum Gasteiger partial charge on any atom is -0.311 e. The fraction of sp³-hybridized carbons (Fsp3) is 0.684. The van der Waals surface area contributed by atoms with E-state index in [9.17, 15) is 0 Å². The molecule has 1 saturated carbocycles. The van der Waals surface area contributed by atoms with Crippen LogP contribution in [0.4, 0.5) is 0 Å². The van der Waals surface area contributed by atoms with Crippen LogP contribution in [0.1, 0.15) is 44.7 Å². The number of piperazine rings is 1. The summed E-state index contributed by atoms with van der Waals surface area (Å²) in [5.74, 6) is 1.66. The van der Waals surface area contributed by atoms with Crippen LogP contribution in [-0.4, -0.2) is 30.1 Å². The molecular formula is C19H30N2. The Morgan fingerprint density at radius 3 is 2.38 bits per heavy atom. The maximum Gasteiger partial charge on any atom is 0.0247 e. The molecule has 1 N–H and O–H groups in total. The lowest BCUT2D eigenvalue weighted by molar-refractivity contribution is 0.0852. The second-order valence-corrected chi connectivity index (χ2v) is 7.26. The van der Waals surface area contributed by atoms with Gasteiger partial charge in [0.15, 0.2) is 0 Å². The van der Waals surface area contributed by atoms with E-state index in [-0.39, 0.29) is 0 Å². The zero-order valence-corrected chi connectivity index (χ0v) is 13.8. The van der Waals surface area contributed by atoms with Gasteiger partial charge in [0.05, 0.1) is 0 Å². The van der Waals surface area contributed by atoms with Gasteiger partial charge in [0.2, 0.25) is 0 Å². The number of aryl methyl sites for hydroxylation is 1. The SMILES string of the molecule is CCc1ccc(CN2CC(C3CC3)NCC2C(C)C)cc1. The quantitative estimate of drug-likeness (QED) is 0.892. The molecule has 2 heteroatoms. The monoisotopic (exact) mass is 286 g/mol. The van der Waals surface area contributed by atoms with Crippen LogP contribution < -0.4 is 5.32 Å². The van der Waals surface area contributed by atoms with Crippen LogP contribution in [0, 0.1) is 11.8 Å². The molecule has 21 heavy (non-hydrogen) atoms. The molecule has 0 amide bonds. The molecule has 2 unspecified atom stereocenters. The largest absolute Gasteiger partial charge is 0.311 e. The molecule has 1 heterocycles. The summed E-state index contributed by atoms with van der Waals surface area (Å²) >= 11 is 0. The number of benzene rings is 1.